The summed E-state index contributed by atoms with van der Waals surface area (Å²) < 4.78 is 6.35. The number of rotatable bonds is 4. The van der Waals surface area contributed by atoms with Gasteiger partial charge in [-0.3, -0.25) is 0 Å². The van der Waals surface area contributed by atoms with Crippen molar-refractivity contribution >= 4 is 8.32 Å². The zero-order valence-corrected chi connectivity index (χ0v) is 13.1. The Morgan fingerprint density at radius 2 is 1.65 bits per heavy atom. The van der Waals surface area contributed by atoms with E-state index in [0.29, 0.717) is 6.10 Å². The van der Waals surface area contributed by atoms with Gasteiger partial charge in [-0.15, -0.1) is 0 Å². The summed E-state index contributed by atoms with van der Waals surface area (Å²) in [7, 11) is -1.62. The Morgan fingerprint density at radius 1 is 1.12 bits per heavy atom. The highest BCUT2D eigenvalue weighted by molar-refractivity contribution is 6.74. The number of benzene rings is 1. The summed E-state index contributed by atoms with van der Waals surface area (Å²) in [5.74, 6) is 0. The van der Waals surface area contributed by atoms with Crippen molar-refractivity contribution in [2.45, 2.75) is 58.4 Å². The fourth-order valence-electron chi connectivity index (χ4n) is 1.67. The highest BCUT2D eigenvalue weighted by Gasteiger charge is 2.38. The van der Waals surface area contributed by atoms with Crippen LogP contribution in [0.15, 0.2) is 30.3 Å². The van der Waals surface area contributed by atoms with Crippen molar-refractivity contribution in [3.63, 3.8) is 0 Å². The van der Waals surface area contributed by atoms with Crippen LogP contribution >= 0.6 is 0 Å². The molecule has 0 amide bonds. The number of hydrogen-bond donors (Lipinski definition) is 0. The van der Waals surface area contributed by atoms with Crippen LogP contribution in [0.4, 0.5) is 0 Å². The van der Waals surface area contributed by atoms with Gasteiger partial charge in [0.1, 0.15) is 0 Å². The van der Waals surface area contributed by atoms with Crippen molar-refractivity contribution in [1.82, 2.24) is 0 Å². The minimum absolute atomic E-state index is 0.290. The van der Waals surface area contributed by atoms with Crippen LogP contribution in [0.5, 0.6) is 0 Å². The third kappa shape index (κ3) is 4.28. The first kappa shape index (κ1) is 14.5. The molecule has 0 saturated carbocycles. The summed E-state index contributed by atoms with van der Waals surface area (Å²) >= 11 is 0. The normalized spacial score (nSPS) is 14.7. The van der Waals surface area contributed by atoms with Crippen molar-refractivity contribution in [1.29, 1.82) is 0 Å². The SMILES string of the molecule is C[C@H](Cc1ccccc1)O[Si](C)(C)C(C)(C)C. The molecule has 1 rings (SSSR count). The summed E-state index contributed by atoms with van der Waals surface area (Å²) in [5.41, 5.74) is 1.36. The molecular formula is C15H26OSi. The summed E-state index contributed by atoms with van der Waals surface area (Å²) in [5, 5.41) is 0.290. The fraction of sp³-hybridized carbons (Fsp3) is 0.600. The third-order valence-electron chi connectivity index (χ3n) is 3.67. The van der Waals surface area contributed by atoms with Gasteiger partial charge in [0.05, 0.1) is 0 Å². The molecule has 1 nitrogen and oxygen atoms in total. The van der Waals surface area contributed by atoms with Gasteiger partial charge in [0.2, 0.25) is 0 Å². The monoisotopic (exact) mass is 250 g/mol. The lowest BCUT2D eigenvalue weighted by Gasteiger charge is -2.38. The van der Waals surface area contributed by atoms with Gasteiger partial charge >= 0.3 is 0 Å². The van der Waals surface area contributed by atoms with Gasteiger partial charge in [0.15, 0.2) is 8.32 Å². The van der Waals surface area contributed by atoms with E-state index in [9.17, 15) is 0 Å². The predicted octanol–water partition coefficient (Wildman–Crippen LogP) is 4.64. The molecule has 0 heterocycles. The minimum atomic E-state index is -1.62. The quantitative estimate of drug-likeness (QED) is 0.707. The standard InChI is InChI=1S/C15H26OSi/c1-13(12-14-10-8-7-9-11-14)16-17(5,6)15(2,3)4/h7-11,13H,12H2,1-6H3/t13-/m1/s1. The maximum absolute atomic E-state index is 6.35. The van der Waals surface area contributed by atoms with Gasteiger partial charge in [-0.25, -0.2) is 0 Å². The molecule has 0 radical (unpaired) electrons. The van der Waals surface area contributed by atoms with E-state index < -0.39 is 8.32 Å². The topological polar surface area (TPSA) is 9.23 Å². The van der Waals surface area contributed by atoms with Crippen LogP contribution < -0.4 is 0 Å². The second kappa shape index (κ2) is 5.36. The Bertz CT molecular complexity index is 338. The van der Waals surface area contributed by atoms with Crippen LogP contribution in [-0.4, -0.2) is 14.4 Å². The molecule has 0 aliphatic carbocycles. The largest absolute Gasteiger partial charge is 0.414 e. The summed E-state index contributed by atoms with van der Waals surface area (Å²) in [6.07, 6.45) is 1.31. The van der Waals surface area contributed by atoms with Crippen molar-refractivity contribution in [3.05, 3.63) is 35.9 Å². The van der Waals surface area contributed by atoms with Crippen molar-refractivity contribution in [3.8, 4) is 0 Å². The Balaban J connectivity index is 2.59. The van der Waals surface area contributed by atoms with Crippen LogP contribution in [0.25, 0.3) is 0 Å². The molecule has 0 spiro atoms. The molecule has 0 aliphatic heterocycles. The van der Waals surface area contributed by atoms with Gasteiger partial charge in [-0.1, -0.05) is 51.1 Å². The van der Waals surface area contributed by atoms with E-state index in [0.717, 1.165) is 6.42 Å². The van der Waals surface area contributed by atoms with E-state index in [2.05, 4.69) is 71.1 Å². The molecule has 1 aromatic rings. The third-order valence-corrected chi connectivity index (χ3v) is 8.27. The Labute approximate surface area is 107 Å². The zero-order valence-electron chi connectivity index (χ0n) is 12.1. The van der Waals surface area contributed by atoms with Crippen LogP contribution in [-0.2, 0) is 10.8 Å². The van der Waals surface area contributed by atoms with E-state index in [1.807, 2.05) is 0 Å². The van der Waals surface area contributed by atoms with Gasteiger partial charge in [0.25, 0.3) is 0 Å². The van der Waals surface area contributed by atoms with Crippen LogP contribution in [0.3, 0.4) is 0 Å². The lowest BCUT2D eigenvalue weighted by Crippen LogP contribution is -2.43. The smallest absolute Gasteiger partial charge is 0.192 e. The van der Waals surface area contributed by atoms with Crippen molar-refractivity contribution in [2.24, 2.45) is 0 Å². The van der Waals surface area contributed by atoms with Gasteiger partial charge in [-0.2, -0.15) is 0 Å². The molecule has 0 aliphatic rings. The maximum atomic E-state index is 6.35. The first-order valence-corrected chi connectivity index (χ1v) is 9.35. The van der Waals surface area contributed by atoms with Gasteiger partial charge in [-0.05, 0) is 37.0 Å². The van der Waals surface area contributed by atoms with Crippen LogP contribution in [0.2, 0.25) is 18.1 Å². The molecule has 0 N–H and O–H groups in total. The molecule has 0 aromatic heterocycles. The summed E-state index contributed by atoms with van der Waals surface area (Å²) in [4.78, 5) is 0. The van der Waals surface area contributed by atoms with Crippen molar-refractivity contribution in [2.75, 3.05) is 0 Å². The van der Waals surface area contributed by atoms with Crippen LogP contribution in [0, 0.1) is 0 Å². The predicted molar refractivity (Wildman–Crippen MR) is 77.9 cm³/mol. The van der Waals surface area contributed by atoms with E-state index >= 15 is 0 Å². The first-order valence-electron chi connectivity index (χ1n) is 6.44. The molecule has 1 aromatic carbocycles. The highest BCUT2D eigenvalue weighted by Crippen LogP contribution is 2.37. The first-order chi connectivity index (χ1) is 7.72. The molecule has 0 saturated heterocycles. The summed E-state index contributed by atoms with van der Waals surface area (Å²) in [6.45, 7) is 13.7. The molecule has 0 unspecified atom stereocenters. The van der Waals surface area contributed by atoms with Crippen molar-refractivity contribution < 1.29 is 4.43 Å². The lowest BCUT2D eigenvalue weighted by molar-refractivity contribution is 0.199. The fourth-order valence-corrected chi connectivity index (χ4v) is 3.11. The van der Waals surface area contributed by atoms with E-state index in [4.69, 9.17) is 4.43 Å². The number of hydrogen-bond acceptors (Lipinski definition) is 1. The van der Waals surface area contributed by atoms with E-state index in [1.54, 1.807) is 0 Å². The molecule has 0 fully saturated rings. The summed E-state index contributed by atoms with van der Waals surface area (Å²) in [6, 6.07) is 10.6. The lowest BCUT2D eigenvalue weighted by atomic mass is 10.1. The highest BCUT2D eigenvalue weighted by atomic mass is 28.4. The average Bonchev–Trinajstić information content (AvgIpc) is 2.16. The molecule has 1 atom stereocenters. The molecule has 96 valence electrons. The molecule has 17 heavy (non-hydrogen) atoms. The van der Waals surface area contributed by atoms with E-state index in [1.165, 1.54) is 5.56 Å². The Kier molecular flexibility index (Phi) is 4.56. The second-order valence-electron chi connectivity index (χ2n) is 6.38. The van der Waals surface area contributed by atoms with Crippen LogP contribution in [0.1, 0.15) is 33.3 Å². The zero-order chi connectivity index (χ0) is 13.1. The van der Waals surface area contributed by atoms with Gasteiger partial charge < -0.3 is 4.43 Å². The molecule has 0 bridgehead atoms. The second-order valence-corrected chi connectivity index (χ2v) is 11.1. The minimum Gasteiger partial charge on any atom is -0.414 e. The maximum Gasteiger partial charge on any atom is 0.192 e. The van der Waals surface area contributed by atoms with E-state index in [-0.39, 0.29) is 5.04 Å². The molecule has 2 heteroatoms. The van der Waals surface area contributed by atoms with Gasteiger partial charge in [0, 0.05) is 6.10 Å². The molecular weight excluding hydrogens is 224 g/mol. The Hall–Kier alpha value is -0.603. The Morgan fingerprint density at radius 3 is 2.12 bits per heavy atom. The average molecular weight is 250 g/mol.